The van der Waals surface area contributed by atoms with E-state index in [9.17, 15) is 0 Å². The molecular formula is C12H17Cl3N2. The first kappa shape index (κ1) is 14.9. The smallest absolute Gasteiger partial charge is 0.0612 e. The number of hydrogen-bond acceptors (Lipinski definition) is 2. The molecule has 2 rings (SSSR count). The molecule has 96 valence electrons. The Bertz CT molecular complexity index is 393. The molecule has 1 aliphatic rings. The van der Waals surface area contributed by atoms with Gasteiger partial charge in [0, 0.05) is 30.9 Å². The minimum absolute atomic E-state index is 0. The zero-order chi connectivity index (χ0) is 11.8. The summed E-state index contributed by atoms with van der Waals surface area (Å²) in [5.74, 6) is 0. The molecule has 1 saturated heterocycles. The van der Waals surface area contributed by atoms with Crippen molar-refractivity contribution in [2.45, 2.75) is 19.4 Å². The predicted octanol–water partition coefficient (Wildman–Crippen LogP) is 3.60. The van der Waals surface area contributed by atoms with Crippen LogP contribution in [-0.4, -0.2) is 25.2 Å². The zero-order valence-electron chi connectivity index (χ0n) is 9.96. The summed E-state index contributed by atoms with van der Waals surface area (Å²) in [5.41, 5.74) is 1.29. The van der Waals surface area contributed by atoms with E-state index in [-0.39, 0.29) is 17.9 Å². The molecule has 0 unspecified atom stereocenters. The monoisotopic (exact) mass is 294 g/mol. The molecule has 5 heteroatoms. The Labute approximate surface area is 119 Å². The van der Waals surface area contributed by atoms with Crippen molar-refractivity contribution < 1.29 is 0 Å². The van der Waals surface area contributed by atoms with Crippen LogP contribution >= 0.6 is 35.6 Å². The van der Waals surface area contributed by atoms with Crippen molar-refractivity contribution in [3.8, 4) is 0 Å². The summed E-state index contributed by atoms with van der Waals surface area (Å²) in [6.07, 6.45) is 0. The lowest BCUT2D eigenvalue weighted by Gasteiger charge is -2.40. The van der Waals surface area contributed by atoms with Crippen molar-refractivity contribution in [3.05, 3.63) is 28.2 Å². The molecular weight excluding hydrogens is 279 g/mol. The van der Waals surface area contributed by atoms with E-state index in [4.69, 9.17) is 23.2 Å². The van der Waals surface area contributed by atoms with Crippen LogP contribution in [0.1, 0.15) is 13.8 Å². The number of nitrogens with zero attached hydrogens (tertiary/aromatic N) is 1. The molecule has 1 aromatic rings. The van der Waals surface area contributed by atoms with Crippen molar-refractivity contribution in [3.63, 3.8) is 0 Å². The van der Waals surface area contributed by atoms with Crippen molar-refractivity contribution in [1.29, 1.82) is 0 Å². The summed E-state index contributed by atoms with van der Waals surface area (Å²) in [4.78, 5) is 2.33. The normalized spacial score (nSPS) is 18.7. The molecule has 1 aromatic carbocycles. The van der Waals surface area contributed by atoms with Gasteiger partial charge in [-0.3, -0.25) is 0 Å². The molecule has 17 heavy (non-hydrogen) atoms. The van der Waals surface area contributed by atoms with Crippen LogP contribution in [0.25, 0.3) is 0 Å². The first-order valence-electron chi connectivity index (χ1n) is 5.43. The number of halogens is 3. The van der Waals surface area contributed by atoms with E-state index in [2.05, 4.69) is 24.1 Å². The second kappa shape index (κ2) is 5.66. The Morgan fingerprint density at radius 3 is 2.53 bits per heavy atom. The van der Waals surface area contributed by atoms with Gasteiger partial charge in [0.15, 0.2) is 0 Å². The number of benzene rings is 1. The number of piperazine rings is 1. The van der Waals surface area contributed by atoms with Gasteiger partial charge in [0.05, 0.1) is 10.0 Å². The molecule has 1 fully saturated rings. The third-order valence-electron chi connectivity index (χ3n) is 2.84. The average Bonchev–Trinajstić information content (AvgIpc) is 2.20. The Balaban J connectivity index is 0.00000144. The van der Waals surface area contributed by atoms with E-state index in [1.165, 1.54) is 0 Å². The van der Waals surface area contributed by atoms with Gasteiger partial charge in [-0.1, -0.05) is 23.2 Å². The van der Waals surface area contributed by atoms with E-state index in [1.807, 2.05) is 18.2 Å². The quantitative estimate of drug-likeness (QED) is 0.851. The van der Waals surface area contributed by atoms with Gasteiger partial charge in [-0.2, -0.15) is 0 Å². The highest BCUT2D eigenvalue weighted by Gasteiger charge is 2.25. The summed E-state index contributed by atoms with van der Waals surface area (Å²) in [5, 5.41) is 4.72. The summed E-state index contributed by atoms with van der Waals surface area (Å²) in [6, 6.07) is 5.81. The van der Waals surface area contributed by atoms with E-state index >= 15 is 0 Å². The summed E-state index contributed by atoms with van der Waals surface area (Å²) < 4.78 is 0. The molecule has 0 amide bonds. The highest BCUT2D eigenvalue weighted by Crippen LogP contribution is 2.28. The van der Waals surface area contributed by atoms with Crippen LogP contribution in [-0.2, 0) is 0 Å². The molecule has 1 heterocycles. The van der Waals surface area contributed by atoms with Crippen molar-refractivity contribution in [2.75, 3.05) is 24.5 Å². The lowest BCUT2D eigenvalue weighted by atomic mass is 10.0. The molecule has 0 saturated carbocycles. The molecule has 0 aromatic heterocycles. The minimum Gasteiger partial charge on any atom is -0.368 e. The fourth-order valence-electron chi connectivity index (χ4n) is 2.04. The molecule has 0 spiro atoms. The van der Waals surface area contributed by atoms with Crippen molar-refractivity contribution in [1.82, 2.24) is 5.32 Å². The molecule has 0 aliphatic carbocycles. The van der Waals surface area contributed by atoms with Gasteiger partial charge >= 0.3 is 0 Å². The van der Waals surface area contributed by atoms with Crippen LogP contribution in [0.5, 0.6) is 0 Å². The van der Waals surface area contributed by atoms with E-state index in [0.717, 1.165) is 25.3 Å². The predicted molar refractivity (Wildman–Crippen MR) is 78.0 cm³/mol. The van der Waals surface area contributed by atoms with Gasteiger partial charge < -0.3 is 10.2 Å². The summed E-state index contributed by atoms with van der Waals surface area (Å²) in [6.45, 7) is 7.38. The Morgan fingerprint density at radius 1 is 1.24 bits per heavy atom. The maximum absolute atomic E-state index is 6.03. The molecule has 1 N–H and O–H groups in total. The second-order valence-corrected chi connectivity index (χ2v) is 5.65. The third-order valence-corrected chi connectivity index (χ3v) is 3.58. The van der Waals surface area contributed by atoms with Crippen LogP contribution in [0.2, 0.25) is 10.0 Å². The van der Waals surface area contributed by atoms with Crippen LogP contribution in [0.3, 0.4) is 0 Å². The minimum atomic E-state index is 0. The third kappa shape index (κ3) is 3.65. The number of rotatable bonds is 1. The maximum Gasteiger partial charge on any atom is 0.0612 e. The fourth-order valence-corrected chi connectivity index (χ4v) is 2.34. The van der Waals surface area contributed by atoms with Crippen LogP contribution < -0.4 is 10.2 Å². The van der Waals surface area contributed by atoms with Gasteiger partial charge in [0.25, 0.3) is 0 Å². The Hall–Kier alpha value is -0.150. The van der Waals surface area contributed by atoms with E-state index in [1.54, 1.807) is 0 Å². The second-order valence-electron chi connectivity index (χ2n) is 4.83. The topological polar surface area (TPSA) is 15.3 Å². The van der Waals surface area contributed by atoms with Gasteiger partial charge in [-0.25, -0.2) is 0 Å². The molecule has 1 aliphatic heterocycles. The highest BCUT2D eigenvalue weighted by molar-refractivity contribution is 6.42. The van der Waals surface area contributed by atoms with Gasteiger partial charge in [-0.15, -0.1) is 12.4 Å². The number of nitrogens with one attached hydrogen (secondary N) is 1. The van der Waals surface area contributed by atoms with E-state index in [0.29, 0.717) is 10.0 Å². The Morgan fingerprint density at radius 2 is 1.94 bits per heavy atom. The van der Waals surface area contributed by atoms with E-state index < -0.39 is 0 Å². The van der Waals surface area contributed by atoms with Gasteiger partial charge in [0.1, 0.15) is 0 Å². The standard InChI is InChI=1S/C12H16Cl2N2.ClH/c1-12(2)8-16(6-5-15-12)9-3-4-10(13)11(14)7-9;/h3-4,7,15H,5-6,8H2,1-2H3;1H. The zero-order valence-corrected chi connectivity index (χ0v) is 12.3. The van der Waals surface area contributed by atoms with Crippen molar-refractivity contribution >= 4 is 41.3 Å². The van der Waals surface area contributed by atoms with Crippen LogP contribution in [0, 0.1) is 0 Å². The lowest BCUT2D eigenvalue weighted by molar-refractivity contribution is 0.353. The van der Waals surface area contributed by atoms with Crippen LogP contribution in [0.4, 0.5) is 5.69 Å². The van der Waals surface area contributed by atoms with Gasteiger partial charge in [0.2, 0.25) is 0 Å². The number of hydrogen-bond donors (Lipinski definition) is 1. The first-order valence-corrected chi connectivity index (χ1v) is 6.19. The average molecular weight is 296 g/mol. The molecule has 0 atom stereocenters. The number of anilines is 1. The van der Waals surface area contributed by atoms with Gasteiger partial charge in [-0.05, 0) is 32.0 Å². The Kier molecular flexibility index (Phi) is 4.96. The maximum atomic E-state index is 6.03. The lowest BCUT2D eigenvalue weighted by Crippen LogP contribution is -2.57. The fraction of sp³-hybridized carbons (Fsp3) is 0.500. The molecule has 0 radical (unpaired) electrons. The first-order chi connectivity index (χ1) is 7.48. The van der Waals surface area contributed by atoms with Crippen LogP contribution in [0.15, 0.2) is 18.2 Å². The highest BCUT2D eigenvalue weighted by atomic mass is 35.5. The summed E-state index contributed by atoms with van der Waals surface area (Å²) >= 11 is 11.9. The largest absolute Gasteiger partial charge is 0.368 e. The van der Waals surface area contributed by atoms with Crippen molar-refractivity contribution in [2.24, 2.45) is 0 Å². The molecule has 0 bridgehead atoms. The summed E-state index contributed by atoms with van der Waals surface area (Å²) in [7, 11) is 0. The SMILES string of the molecule is CC1(C)CN(c2ccc(Cl)c(Cl)c2)CCN1.Cl. The molecule has 2 nitrogen and oxygen atoms in total.